The van der Waals surface area contributed by atoms with Gasteiger partial charge in [-0.2, -0.15) is 5.10 Å². The molecule has 0 saturated carbocycles. The number of benzene rings is 1. The number of nitrogens with two attached hydrogens (primary N) is 1. The fourth-order valence-electron chi connectivity index (χ4n) is 1.24. The molecule has 4 N–H and O–H groups in total. The van der Waals surface area contributed by atoms with Crippen molar-refractivity contribution in [2.24, 2.45) is 0 Å². The van der Waals surface area contributed by atoms with Crippen LogP contribution in [-0.4, -0.2) is 16.1 Å². The highest BCUT2D eigenvalue weighted by Gasteiger charge is 2.11. The summed E-state index contributed by atoms with van der Waals surface area (Å²) in [7, 11) is 0. The fraction of sp³-hybridized carbons (Fsp3) is 0. The zero-order chi connectivity index (χ0) is 11.5. The van der Waals surface area contributed by atoms with Crippen molar-refractivity contribution in [3.8, 4) is 0 Å². The average Bonchev–Trinajstić information content (AvgIpc) is 2.64. The number of aromatic nitrogens is 2. The normalized spacial score (nSPS) is 10.1. The summed E-state index contributed by atoms with van der Waals surface area (Å²) in [6.07, 6.45) is 1.39. The molecule has 0 aliphatic heterocycles. The van der Waals surface area contributed by atoms with Crippen LogP contribution in [0.15, 0.2) is 34.9 Å². The number of nitrogens with one attached hydrogen (secondary N) is 2. The highest BCUT2D eigenvalue weighted by Crippen LogP contribution is 2.17. The Morgan fingerprint density at radius 3 is 2.94 bits per heavy atom. The molecule has 0 aliphatic rings. The van der Waals surface area contributed by atoms with Crippen LogP contribution in [0.5, 0.6) is 0 Å². The Morgan fingerprint density at radius 1 is 1.50 bits per heavy atom. The first-order valence-electron chi connectivity index (χ1n) is 4.52. The quantitative estimate of drug-likeness (QED) is 0.787. The number of nitrogen functional groups attached to an aromatic ring is 1. The summed E-state index contributed by atoms with van der Waals surface area (Å²) in [5.41, 5.74) is 6.56. The maximum absolute atomic E-state index is 11.7. The third-order valence-corrected chi connectivity index (χ3v) is 2.49. The van der Waals surface area contributed by atoms with Crippen LogP contribution in [0.2, 0.25) is 0 Å². The summed E-state index contributed by atoms with van der Waals surface area (Å²) >= 11 is 3.32. The molecule has 0 bridgehead atoms. The zero-order valence-corrected chi connectivity index (χ0v) is 9.78. The molecule has 6 heteroatoms. The minimum atomic E-state index is -0.288. The summed E-state index contributed by atoms with van der Waals surface area (Å²) in [6.45, 7) is 0. The molecule has 16 heavy (non-hydrogen) atoms. The highest BCUT2D eigenvalue weighted by atomic mass is 79.9. The minimum Gasteiger partial charge on any atom is -0.383 e. The van der Waals surface area contributed by atoms with Gasteiger partial charge in [-0.25, -0.2) is 0 Å². The molecule has 1 aromatic heterocycles. The van der Waals surface area contributed by atoms with E-state index < -0.39 is 0 Å². The van der Waals surface area contributed by atoms with Gasteiger partial charge in [-0.1, -0.05) is 22.0 Å². The molecular formula is C10H9BrN4O. The van der Waals surface area contributed by atoms with E-state index in [0.29, 0.717) is 11.3 Å². The van der Waals surface area contributed by atoms with Gasteiger partial charge in [0, 0.05) is 10.2 Å². The molecule has 1 amide bonds. The van der Waals surface area contributed by atoms with Crippen LogP contribution in [-0.2, 0) is 0 Å². The molecule has 2 aromatic rings. The van der Waals surface area contributed by atoms with Crippen molar-refractivity contribution in [2.75, 3.05) is 11.1 Å². The Balaban J connectivity index is 2.17. The molecule has 1 heterocycles. The molecule has 0 unspecified atom stereocenters. The van der Waals surface area contributed by atoms with E-state index in [9.17, 15) is 4.79 Å². The van der Waals surface area contributed by atoms with Crippen LogP contribution in [0, 0.1) is 0 Å². The summed E-state index contributed by atoms with van der Waals surface area (Å²) < 4.78 is 0.894. The van der Waals surface area contributed by atoms with E-state index in [2.05, 4.69) is 31.4 Å². The number of carbonyl (C=O) groups excluding carboxylic acids is 1. The van der Waals surface area contributed by atoms with Crippen molar-refractivity contribution < 1.29 is 4.79 Å². The SMILES string of the molecule is Nc1[nH]ncc1C(=O)Nc1cccc(Br)c1. The predicted molar refractivity (Wildman–Crippen MR) is 65.1 cm³/mol. The molecule has 82 valence electrons. The van der Waals surface area contributed by atoms with Crippen molar-refractivity contribution in [1.29, 1.82) is 0 Å². The fourth-order valence-corrected chi connectivity index (χ4v) is 1.64. The van der Waals surface area contributed by atoms with E-state index in [1.807, 2.05) is 12.1 Å². The summed E-state index contributed by atoms with van der Waals surface area (Å²) in [4.78, 5) is 11.7. The van der Waals surface area contributed by atoms with E-state index in [0.717, 1.165) is 4.47 Å². The number of carbonyl (C=O) groups is 1. The average molecular weight is 281 g/mol. The molecule has 0 fully saturated rings. The zero-order valence-electron chi connectivity index (χ0n) is 8.20. The minimum absolute atomic E-state index is 0.257. The highest BCUT2D eigenvalue weighted by molar-refractivity contribution is 9.10. The van der Waals surface area contributed by atoms with Crippen molar-refractivity contribution in [2.45, 2.75) is 0 Å². The second-order valence-electron chi connectivity index (χ2n) is 3.16. The van der Waals surface area contributed by atoms with Crippen LogP contribution in [0.1, 0.15) is 10.4 Å². The number of hydrogen-bond acceptors (Lipinski definition) is 3. The summed E-state index contributed by atoms with van der Waals surface area (Å²) in [6, 6.07) is 7.30. The topological polar surface area (TPSA) is 83.8 Å². The van der Waals surface area contributed by atoms with Crippen molar-refractivity contribution in [3.63, 3.8) is 0 Å². The Morgan fingerprint density at radius 2 is 2.31 bits per heavy atom. The Bertz CT molecular complexity index is 523. The molecule has 0 atom stereocenters. The van der Waals surface area contributed by atoms with Gasteiger partial charge in [0.25, 0.3) is 5.91 Å². The Hall–Kier alpha value is -1.82. The first-order valence-corrected chi connectivity index (χ1v) is 5.32. The third kappa shape index (κ3) is 2.22. The van der Waals surface area contributed by atoms with Crippen LogP contribution < -0.4 is 11.1 Å². The standard InChI is InChI=1S/C10H9BrN4O/c11-6-2-1-3-7(4-6)14-10(16)8-5-13-15-9(8)12/h1-5H,(H,14,16)(H3,12,13,15). The van der Waals surface area contributed by atoms with Crippen LogP contribution in [0.3, 0.4) is 0 Å². The predicted octanol–water partition coefficient (Wildman–Crippen LogP) is 2.01. The number of halogens is 1. The van der Waals surface area contributed by atoms with Crippen molar-refractivity contribution in [3.05, 3.63) is 40.5 Å². The van der Waals surface area contributed by atoms with Gasteiger partial charge >= 0.3 is 0 Å². The van der Waals surface area contributed by atoms with Crippen molar-refractivity contribution in [1.82, 2.24) is 10.2 Å². The molecule has 2 rings (SSSR count). The lowest BCUT2D eigenvalue weighted by molar-refractivity contribution is 0.102. The second kappa shape index (κ2) is 4.36. The van der Waals surface area contributed by atoms with E-state index >= 15 is 0 Å². The number of H-pyrrole nitrogens is 1. The number of rotatable bonds is 2. The lowest BCUT2D eigenvalue weighted by Crippen LogP contribution is -2.12. The molecule has 1 aromatic carbocycles. The number of nitrogens with zero attached hydrogens (tertiary/aromatic N) is 1. The van der Waals surface area contributed by atoms with Gasteiger partial charge in [0.05, 0.1) is 6.20 Å². The maximum Gasteiger partial charge on any atom is 0.261 e. The maximum atomic E-state index is 11.7. The van der Waals surface area contributed by atoms with E-state index in [1.165, 1.54) is 6.20 Å². The first-order chi connectivity index (χ1) is 7.66. The van der Waals surface area contributed by atoms with Crippen LogP contribution in [0.25, 0.3) is 0 Å². The lowest BCUT2D eigenvalue weighted by Gasteiger charge is -2.04. The lowest BCUT2D eigenvalue weighted by atomic mass is 10.2. The van der Waals surface area contributed by atoms with Gasteiger partial charge in [-0.05, 0) is 18.2 Å². The molecular weight excluding hydrogens is 272 g/mol. The van der Waals surface area contributed by atoms with E-state index in [-0.39, 0.29) is 11.7 Å². The van der Waals surface area contributed by atoms with Crippen LogP contribution in [0.4, 0.5) is 11.5 Å². The smallest absolute Gasteiger partial charge is 0.261 e. The number of anilines is 2. The van der Waals surface area contributed by atoms with Crippen molar-refractivity contribution >= 4 is 33.3 Å². The van der Waals surface area contributed by atoms with Gasteiger partial charge in [0.1, 0.15) is 11.4 Å². The molecule has 0 aliphatic carbocycles. The largest absolute Gasteiger partial charge is 0.383 e. The molecule has 5 nitrogen and oxygen atoms in total. The first kappa shape index (κ1) is 10.7. The molecule has 0 radical (unpaired) electrons. The van der Waals surface area contributed by atoms with Gasteiger partial charge in [-0.3, -0.25) is 9.89 Å². The molecule has 0 spiro atoms. The van der Waals surface area contributed by atoms with Gasteiger partial charge in [0.2, 0.25) is 0 Å². The van der Waals surface area contributed by atoms with E-state index in [4.69, 9.17) is 5.73 Å². The number of aromatic amines is 1. The third-order valence-electron chi connectivity index (χ3n) is 2.00. The second-order valence-corrected chi connectivity index (χ2v) is 4.08. The monoisotopic (exact) mass is 280 g/mol. The van der Waals surface area contributed by atoms with Crippen LogP contribution >= 0.6 is 15.9 Å². The Labute approximate surface area is 100 Å². The van der Waals surface area contributed by atoms with Gasteiger partial charge < -0.3 is 11.1 Å². The number of hydrogen-bond donors (Lipinski definition) is 3. The van der Waals surface area contributed by atoms with E-state index in [1.54, 1.807) is 12.1 Å². The van der Waals surface area contributed by atoms with Gasteiger partial charge in [0.15, 0.2) is 0 Å². The summed E-state index contributed by atoms with van der Waals surface area (Å²) in [5, 5.41) is 8.90. The summed E-state index contributed by atoms with van der Waals surface area (Å²) in [5.74, 6) is -0.0307. The van der Waals surface area contributed by atoms with Gasteiger partial charge in [-0.15, -0.1) is 0 Å². The number of amides is 1. The Kier molecular flexibility index (Phi) is 2.91. The molecule has 0 saturated heterocycles.